The highest BCUT2D eigenvalue weighted by Crippen LogP contribution is 2.22. The highest BCUT2D eigenvalue weighted by atomic mass is 35.5. The van der Waals surface area contributed by atoms with Crippen LogP contribution in [0, 0.1) is 17.0 Å². The molecule has 1 heterocycles. The van der Waals surface area contributed by atoms with Crippen molar-refractivity contribution in [3.05, 3.63) is 51.3 Å². The van der Waals surface area contributed by atoms with Gasteiger partial charge in [-0.15, -0.1) is 0 Å². The van der Waals surface area contributed by atoms with Crippen molar-refractivity contribution in [2.75, 3.05) is 4.72 Å². The van der Waals surface area contributed by atoms with Crippen LogP contribution in [0.5, 0.6) is 0 Å². The van der Waals surface area contributed by atoms with Crippen LogP contribution in [0.25, 0.3) is 0 Å². The molecule has 2 rings (SSSR count). The standard InChI is InChI=1S/C11H9ClN4O4S/c1-7-6-8(16(17)18)2-3-9(7)21(19,20)15-11-13-5-4-10(12)14-11/h2-6H,1H3,(H,13,14,15). The molecule has 110 valence electrons. The van der Waals surface area contributed by atoms with E-state index < -0.39 is 14.9 Å². The van der Waals surface area contributed by atoms with E-state index in [1.807, 2.05) is 0 Å². The van der Waals surface area contributed by atoms with Gasteiger partial charge in [-0.1, -0.05) is 11.6 Å². The number of nitrogens with one attached hydrogen (secondary N) is 1. The van der Waals surface area contributed by atoms with Crippen molar-refractivity contribution in [2.24, 2.45) is 0 Å². The molecule has 1 aromatic heterocycles. The topological polar surface area (TPSA) is 115 Å². The van der Waals surface area contributed by atoms with Crippen molar-refractivity contribution < 1.29 is 13.3 Å². The molecule has 0 atom stereocenters. The number of nitro benzene ring substituents is 1. The Kier molecular flexibility index (Phi) is 4.05. The second-order valence-electron chi connectivity index (χ2n) is 4.02. The number of non-ortho nitro benzene ring substituents is 1. The first-order valence-electron chi connectivity index (χ1n) is 5.56. The lowest BCUT2D eigenvalue weighted by Gasteiger charge is -2.08. The Morgan fingerprint density at radius 1 is 1.33 bits per heavy atom. The number of hydrogen-bond acceptors (Lipinski definition) is 6. The van der Waals surface area contributed by atoms with Crippen LogP contribution >= 0.6 is 11.6 Å². The first kappa shape index (κ1) is 15.1. The number of aryl methyl sites for hydroxylation is 1. The van der Waals surface area contributed by atoms with Gasteiger partial charge < -0.3 is 0 Å². The first-order chi connectivity index (χ1) is 9.79. The van der Waals surface area contributed by atoms with Gasteiger partial charge in [-0.25, -0.2) is 23.1 Å². The minimum atomic E-state index is -3.96. The van der Waals surface area contributed by atoms with Gasteiger partial charge in [0, 0.05) is 18.3 Å². The molecule has 2 aromatic rings. The fraction of sp³-hybridized carbons (Fsp3) is 0.0909. The number of hydrogen-bond donors (Lipinski definition) is 1. The molecule has 8 nitrogen and oxygen atoms in total. The summed E-state index contributed by atoms with van der Waals surface area (Å²) in [6.45, 7) is 1.46. The summed E-state index contributed by atoms with van der Waals surface area (Å²) in [5.74, 6) is -0.180. The van der Waals surface area contributed by atoms with E-state index in [4.69, 9.17) is 11.6 Å². The van der Waals surface area contributed by atoms with Crippen molar-refractivity contribution in [3.63, 3.8) is 0 Å². The number of nitrogens with zero attached hydrogens (tertiary/aromatic N) is 3. The molecule has 0 aliphatic heterocycles. The normalized spacial score (nSPS) is 11.1. The van der Waals surface area contributed by atoms with E-state index >= 15 is 0 Å². The lowest BCUT2D eigenvalue weighted by atomic mass is 10.2. The molecule has 0 aliphatic rings. The van der Waals surface area contributed by atoms with E-state index in [2.05, 4.69) is 14.7 Å². The van der Waals surface area contributed by atoms with E-state index in [0.717, 1.165) is 12.1 Å². The van der Waals surface area contributed by atoms with Crippen molar-refractivity contribution >= 4 is 33.3 Å². The number of sulfonamides is 1. The zero-order valence-electron chi connectivity index (χ0n) is 10.6. The average molecular weight is 329 g/mol. The zero-order valence-corrected chi connectivity index (χ0v) is 12.2. The van der Waals surface area contributed by atoms with E-state index in [9.17, 15) is 18.5 Å². The molecule has 0 amide bonds. The van der Waals surface area contributed by atoms with E-state index in [1.165, 1.54) is 25.3 Å². The average Bonchev–Trinajstić information content (AvgIpc) is 2.37. The van der Waals surface area contributed by atoms with Crippen LogP contribution in [0.4, 0.5) is 11.6 Å². The van der Waals surface area contributed by atoms with Gasteiger partial charge in [0.05, 0.1) is 9.82 Å². The summed E-state index contributed by atoms with van der Waals surface area (Å²) in [6, 6.07) is 4.84. The molecule has 1 aromatic carbocycles. The number of nitro groups is 1. The monoisotopic (exact) mass is 328 g/mol. The number of anilines is 1. The predicted molar refractivity (Wildman–Crippen MR) is 75.7 cm³/mol. The molecule has 0 bridgehead atoms. The van der Waals surface area contributed by atoms with Crippen molar-refractivity contribution in [2.45, 2.75) is 11.8 Å². The Labute approximate surface area is 125 Å². The lowest BCUT2D eigenvalue weighted by Crippen LogP contribution is -2.16. The number of aromatic nitrogens is 2. The Morgan fingerprint density at radius 3 is 2.62 bits per heavy atom. The highest BCUT2D eigenvalue weighted by Gasteiger charge is 2.20. The second kappa shape index (κ2) is 5.62. The maximum absolute atomic E-state index is 12.2. The van der Waals surface area contributed by atoms with Gasteiger partial charge in [-0.3, -0.25) is 10.1 Å². The minimum Gasteiger partial charge on any atom is -0.258 e. The Bertz CT molecular complexity index is 810. The maximum atomic E-state index is 12.2. The van der Waals surface area contributed by atoms with Crippen molar-refractivity contribution in [3.8, 4) is 0 Å². The molecule has 0 spiro atoms. The Balaban J connectivity index is 2.38. The molecule has 1 N–H and O–H groups in total. The smallest absolute Gasteiger partial charge is 0.258 e. The van der Waals surface area contributed by atoms with E-state index in [0.29, 0.717) is 0 Å². The Morgan fingerprint density at radius 2 is 2.05 bits per heavy atom. The van der Waals surface area contributed by atoms with Crippen LogP contribution < -0.4 is 4.72 Å². The third-order valence-electron chi connectivity index (χ3n) is 2.51. The summed E-state index contributed by atoms with van der Waals surface area (Å²) in [6.07, 6.45) is 1.30. The summed E-state index contributed by atoms with van der Waals surface area (Å²) in [5.41, 5.74) is 0.0455. The fourth-order valence-corrected chi connectivity index (χ4v) is 2.92. The van der Waals surface area contributed by atoms with Crippen LogP contribution in [0.3, 0.4) is 0 Å². The molecule has 10 heteroatoms. The highest BCUT2D eigenvalue weighted by molar-refractivity contribution is 7.92. The molecule has 0 aliphatic carbocycles. The van der Waals surface area contributed by atoms with Gasteiger partial charge in [0.25, 0.3) is 15.7 Å². The largest absolute Gasteiger partial charge is 0.269 e. The molecule has 0 unspecified atom stereocenters. The molecule has 0 saturated heterocycles. The minimum absolute atomic E-state index is 0.0862. The van der Waals surface area contributed by atoms with Crippen LogP contribution in [-0.2, 0) is 10.0 Å². The number of rotatable bonds is 4. The van der Waals surface area contributed by atoms with Gasteiger partial charge in [0.2, 0.25) is 5.95 Å². The molecule has 0 radical (unpaired) electrons. The maximum Gasteiger partial charge on any atom is 0.269 e. The van der Waals surface area contributed by atoms with Crippen LogP contribution in [-0.4, -0.2) is 23.3 Å². The quantitative estimate of drug-likeness (QED) is 0.522. The number of benzene rings is 1. The Hall–Kier alpha value is -2.26. The zero-order chi connectivity index (χ0) is 15.6. The third kappa shape index (κ3) is 3.44. The van der Waals surface area contributed by atoms with E-state index in [-0.39, 0.29) is 27.2 Å². The van der Waals surface area contributed by atoms with Crippen LogP contribution in [0.15, 0.2) is 35.4 Å². The molecular weight excluding hydrogens is 320 g/mol. The van der Waals surface area contributed by atoms with Gasteiger partial charge >= 0.3 is 0 Å². The molecule has 0 saturated carbocycles. The summed E-state index contributed by atoms with van der Waals surface area (Å²) >= 11 is 5.65. The molecule has 21 heavy (non-hydrogen) atoms. The lowest BCUT2D eigenvalue weighted by molar-refractivity contribution is -0.385. The van der Waals surface area contributed by atoms with Gasteiger partial charge in [-0.05, 0) is 24.6 Å². The third-order valence-corrected chi connectivity index (χ3v) is 4.20. The summed E-state index contributed by atoms with van der Waals surface area (Å²) in [4.78, 5) is 17.4. The second-order valence-corrected chi connectivity index (χ2v) is 6.05. The fourth-order valence-electron chi connectivity index (χ4n) is 1.61. The summed E-state index contributed by atoms with van der Waals surface area (Å²) in [5, 5.41) is 10.7. The van der Waals surface area contributed by atoms with Gasteiger partial charge in [0.1, 0.15) is 5.15 Å². The first-order valence-corrected chi connectivity index (χ1v) is 7.42. The predicted octanol–water partition coefficient (Wildman–Crippen LogP) is 2.15. The van der Waals surface area contributed by atoms with Gasteiger partial charge in [-0.2, -0.15) is 0 Å². The van der Waals surface area contributed by atoms with Crippen LogP contribution in [0.1, 0.15) is 5.56 Å². The molecular formula is C11H9ClN4O4S. The molecule has 0 fully saturated rings. The number of halogens is 1. The van der Waals surface area contributed by atoms with E-state index in [1.54, 1.807) is 0 Å². The van der Waals surface area contributed by atoms with Crippen molar-refractivity contribution in [1.82, 2.24) is 9.97 Å². The SMILES string of the molecule is Cc1cc([N+](=O)[O-])ccc1S(=O)(=O)Nc1nccc(Cl)n1. The summed E-state index contributed by atoms with van der Waals surface area (Å²) in [7, 11) is -3.96. The summed E-state index contributed by atoms with van der Waals surface area (Å²) < 4.78 is 26.6. The van der Waals surface area contributed by atoms with Gasteiger partial charge in [0.15, 0.2) is 0 Å². The van der Waals surface area contributed by atoms with Crippen molar-refractivity contribution in [1.29, 1.82) is 0 Å². The van der Waals surface area contributed by atoms with Crippen LogP contribution in [0.2, 0.25) is 5.15 Å².